The Hall–Kier alpha value is -1.40. The van der Waals surface area contributed by atoms with Crippen molar-refractivity contribution in [1.29, 1.82) is 5.26 Å². The Morgan fingerprint density at radius 1 is 1.36 bits per heavy atom. The highest BCUT2D eigenvalue weighted by molar-refractivity contribution is 7.20. The first kappa shape index (κ1) is 9.17. The molecule has 0 aliphatic carbocycles. The summed E-state index contributed by atoms with van der Waals surface area (Å²) in [6.07, 6.45) is 0. The van der Waals surface area contributed by atoms with Gasteiger partial charge in [-0.2, -0.15) is 5.26 Å². The quantitative estimate of drug-likeness (QED) is 0.645. The maximum atomic E-state index is 13.1. The van der Waals surface area contributed by atoms with E-state index in [1.165, 1.54) is 23.5 Å². The molecule has 1 aromatic heterocycles. The Balaban J connectivity index is 2.94. The topological polar surface area (TPSA) is 23.8 Å². The van der Waals surface area contributed by atoms with Crippen molar-refractivity contribution in [2.45, 2.75) is 13.8 Å². The third-order valence-electron chi connectivity index (χ3n) is 2.29. The number of benzene rings is 1. The van der Waals surface area contributed by atoms with Crippen molar-refractivity contribution in [1.82, 2.24) is 0 Å². The molecule has 70 valence electrons. The summed E-state index contributed by atoms with van der Waals surface area (Å²) >= 11 is 1.43. The van der Waals surface area contributed by atoms with Crippen LogP contribution in [0, 0.1) is 31.0 Å². The molecule has 0 aliphatic rings. The zero-order chi connectivity index (χ0) is 10.3. The van der Waals surface area contributed by atoms with Crippen molar-refractivity contribution in [3.8, 4) is 6.07 Å². The fraction of sp³-hybridized carbons (Fsp3) is 0.182. The van der Waals surface area contributed by atoms with Gasteiger partial charge in [-0.05, 0) is 42.5 Å². The SMILES string of the molecule is Cc1c(C#N)sc2c(C)cc(F)cc12. The van der Waals surface area contributed by atoms with Crippen molar-refractivity contribution >= 4 is 21.4 Å². The van der Waals surface area contributed by atoms with Crippen molar-refractivity contribution < 1.29 is 4.39 Å². The highest BCUT2D eigenvalue weighted by atomic mass is 32.1. The molecule has 0 bridgehead atoms. The van der Waals surface area contributed by atoms with Crippen LogP contribution < -0.4 is 0 Å². The highest BCUT2D eigenvalue weighted by Gasteiger charge is 2.10. The molecule has 2 rings (SSSR count). The summed E-state index contributed by atoms with van der Waals surface area (Å²) < 4.78 is 14.1. The molecule has 0 saturated heterocycles. The Morgan fingerprint density at radius 2 is 2.07 bits per heavy atom. The third-order valence-corrected chi connectivity index (χ3v) is 3.64. The van der Waals surface area contributed by atoms with Crippen molar-refractivity contribution in [3.05, 3.63) is 34.0 Å². The van der Waals surface area contributed by atoms with E-state index >= 15 is 0 Å². The fourth-order valence-corrected chi connectivity index (χ4v) is 2.61. The van der Waals surface area contributed by atoms with Gasteiger partial charge in [0.15, 0.2) is 0 Å². The van der Waals surface area contributed by atoms with E-state index in [1.807, 2.05) is 13.8 Å². The van der Waals surface area contributed by atoms with E-state index in [0.29, 0.717) is 4.88 Å². The molecule has 0 saturated carbocycles. The van der Waals surface area contributed by atoms with E-state index < -0.39 is 0 Å². The normalized spacial score (nSPS) is 10.4. The molecule has 0 fully saturated rings. The van der Waals surface area contributed by atoms with Crippen LogP contribution in [0.1, 0.15) is 16.0 Å². The van der Waals surface area contributed by atoms with Crippen LogP contribution in [0.3, 0.4) is 0 Å². The molecule has 0 atom stereocenters. The summed E-state index contributed by atoms with van der Waals surface area (Å²) in [7, 11) is 0. The summed E-state index contributed by atoms with van der Waals surface area (Å²) in [5, 5.41) is 9.71. The zero-order valence-electron chi connectivity index (χ0n) is 7.89. The van der Waals surface area contributed by atoms with Gasteiger partial charge < -0.3 is 0 Å². The number of aryl methyl sites for hydroxylation is 2. The summed E-state index contributed by atoms with van der Waals surface area (Å²) in [5.41, 5.74) is 1.78. The average molecular weight is 205 g/mol. The first-order chi connectivity index (χ1) is 6.63. The predicted molar refractivity (Wildman–Crippen MR) is 56.0 cm³/mol. The molecule has 0 aliphatic heterocycles. The lowest BCUT2D eigenvalue weighted by molar-refractivity contribution is 0.629. The Bertz CT molecular complexity index is 548. The van der Waals surface area contributed by atoms with Gasteiger partial charge in [0.05, 0.1) is 0 Å². The van der Waals surface area contributed by atoms with Crippen molar-refractivity contribution in [2.24, 2.45) is 0 Å². The number of halogens is 1. The maximum Gasteiger partial charge on any atom is 0.124 e. The molecular weight excluding hydrogens is 197 g/mol. The second-order valence-corrected chi connectivity index (χ2v) is 4.29. The van der Waals surface area contributed by atoms with Gasteiger partial charge in [0.1, 0.15) is 16.8 Å². The highest BCUT2D eigenvalue weighted by Crippen LogP contribution is 2.33. The van der Waals surface area contributed by atoms with Crippen molar-refractivity contribution in [3.63, 3.8) is 0 Å². The molecule has 3 heteroatoms. The van der Waals surface area contributed by atoms with E-state index in [-0.39, 0.29) is 5.82 Å². The third kappa shape index (κ3) is 1.19. The van der Waals surface area contributed by atoms with Crippen LogP contribution in [0.15, 0.2) is 12.1 Å². The molecule has 1 aromatic carbocycles. The van der Waals surface area contributed by atoms with Crippen LogP contribution in [-0.4, -0.2) is 0 Å². The van der Waals surface area contributed by atoms with Gasteiger partial charge >= 0.3 is 0 Å². The smallest absolute Gasteiger partial charge is 0.124 e. The summed E-state index contributed by atoms with van der Waals surface area (Å²) in [5.74, 6) is -0.236. The van der Waals surface area contributed by atoms with Gasteiger partial charge in [-0.1, -0.05) is 0 Å². The minimum Gasteiger partial charge on any atom is -0.207 e. The van der Waals surface area contributed by atoms with Crippen molar-refractivity contribution in [2.75, 3.05) is 0 Å². The molecule has 0 N–H and O–H groups in total. The summed E-state index contributed by atoms with van der Waals surface area (Å²) in [6.45, 7) is 3.72. The minimum absolute atomic E-state index is 0.236. The van der Waals surface area contributed by atoms with Gasteiger partial charge in [0, 0.05) is 4.70 Å². The number of thiophene rings is 1. The van der Waals surface area contributed by atoms with E-state index in [4.69, 9.17) is 5.26 Å². The largest absolute Gasteiger partial charge is 0.207 e. The lowest BCUT2D eigenvalue weighted by atomic mass is 10.1. The Labute approximate surface area is 85.4 Å². The molecular formula is C11H8FNS. The number of nitriles is 1. The summed E-state index contributed by atoms with van der Waals surface area (Å²) in [6, 6.07) is 5.12. The van der Waals surface area contributed by atoms with E-state index in [0.717, 1.165) is 21.2 Å². The lowest BCUT2D eigenvalue weighted by Crippen LogP contribution is -1.79. The van der Waals surface area contributed by atoms with Crippen LogP contribution in [0.2, 0.25) is 0 Å². The molecule has 0 unspecified atom stereocenters. The van der Waals surface area contributed by atoms with Gasteiger partial charge in [-0.3, -0.25) is 0 Å². The fourth-order valence-electron chi connectivity index (χ4n) is 1.55. The van der Waals surface area contributed by atoms with E-state index in [9.17, 15) is 4.39 Å². The molecule has 14 heavy (non-hydrogen) atoms. The molecule has 2 aromatic rings. The zero-order valence-corrected chi connectivity index (χ0v) is 8.70. The molecule has 0 spiro atoms. The number of nitrogens with zero attached hydrogens (tertiary/aromatic N) is 1. The molecule has 0 amide bonds. The second kappa shape index (κ2) is 3.07. The van der Waals surface area contributed by atoms with Crippen LogP contribution in [-0.2, 0) is 0 Å². The Morgan fingerprint density at radius 3 is 2.71 bits per heavy atom. The Kier molecular flexibility index (Phi) is 2.01. The maximum absolute atomic E-state index is 13.1. The monoisotopic (exact) mass is 205 g/mol. The van der Waals surface area contributed by atoms with E-state index in [1.54, 1.807) is 0 Å². The van der Waals surface area contributed by atoms with Crippen LogP contribution in [0.25, 0.3) is 10.1 Å². The minimum atomic E-state index is -0.236. The van der Waals surface area contributed by atoms with Gasteiger partial charge in [0.2, 0.25) is 0 Å². The molecule has 1 nitrogen and oxygen atoms in total. The predicted octanol–water partition coefficient (Wildman–Crippen LogP) is 3.53. The van der Waals surface area contributed by atoms with Gasteiger partial charge in [0.25, 0.3) is 0 Å². The number of rotatable bonds is 0. The van der Waals surface area contributed by atoms with Crippen LogP contribution >= 0.6 is 11.3 Å². The first-order valence-electron chi connectivity index (χ1n) is 4.23. The lowest BCUT2D eigenvalue weighted by Gasteiger charge is -1.96. The van der Waals surface area contributed by atoms with Gasteiger partial charge in [-0.15, -0.1) is 11.3 Å². The summed E-state index contributed by atoms with van der Waals surface area (Å²) in [4.78, 5) is 0.675. The molecule has 1 heterocycles. The van der Waals surface area contributed by atoms with E-state index in [2.05, 4.69) is 6.07 Å². The van der Waals surface area contributed by atoms with Crippen LogP contribution in [0.4, 0.5) is 4.39 Å². The standard InChI is InChI=1S/C11H8FNS/c1-6-3-8(12)4-9-7(2)10(5-13)14-11(6)9/h3-4H,1-2H3. The molecule has 0 radical (unpaired) electrons. The average Bonchev–Trinajstić information content (AvgIpc) is 2.44. The number of fused-ring (bicyclic) bond motifs is 1. The first-order valence-corrected chi connectivity index (χ1v) is 5.04. The van der Waals surface area contributed by atoms with Crippen LogP contribution in [0.5, 0.6) is 0 Å². The second-order valence-electron chi connectivity index (χ2n) is 3.27. The number of hydrogen-bond donors (Lipinski definition) is 0. The number of hydrogen-bond acceptors (Lipinski definition) is 2. The van der Waals surface area contributed by atoms with Gasteiger partial charge in [-0.25, -0.2) is 4.39 Å².